The Morgan fingerprint density at radius 1 is 1.18 bits per heavy atom. The quantitative estimate of drug-likeness (QED) is 0.782. The highest BCUT2D eigenvalue weighted by Gasteiger charge is 2.27. The monoisotopic (exact) mass is 232 g/mol. The molecule has 2 aliphatic carbocycles. The van der Waals surface area contributed by atoms with Crippen LogP contribution >= 0.6 is 0 Å². The minimum atomic E-state index is -0.184. The van der Waals surface area contributed by atoms with Gasteiger partial charge in [0.05, 0.1) is 6.10 Å². The molecule has 1 unspecified atom stereocenters. The third-order valence-electron chi connectivity index (χ3n) is 4.05. The van der Waals surface area contributed by atoms with Gasteiger partial charge in [0.2, 0.25) is 0 Å². The van der Waals surface area contributed by atoms with Crippen molar-refractivity contribution < 1.29 is 5.11 Å². The van der Waals surface area contributed by atoms with Crippen molar-refractivity contribution in [3.63, 3.8) is 0 Å². The summed E-state index contributed by atoms with van der Waals surface area (Å²) < 4.78 is 0. The Morgan fingerprint density at radius 3 is 2.65 bits per heavy atom. The van der Waals surface area contributed by atoms with Crippen molar-refractivity contribution in [2.24, 2.45) is 0 Å². The minimum Gasteiger partial charge on any atom is -0.388 e. The van der Waals surface area contributed by atoms with Crippen LogP contribution in [-0.4, -0.2) is 5.11 Å². The Labute approximate surface area is 105 Å². The SMILES string of the molecule is CC.CCc1c2c(cc3c1CCC3O)CCC2. The molecule has 0 aromatic heterocycles. The average Bonchev–Trinajstić information content (AvgIpc) is 2.97. The zero-order valence-electron chi connectivity index (χ0n) is 11.3. The largest absolute Gasteiger partial charge is 0.388 e. The van der Waals surface area contributed by atoms with Gasteiger partial charge >= 0.3 is 0 Å². The van der Waals surface area contributed by atoms with Gasteiger partial charge in [0.25, 0.3) is 0 Å². The van der Waals surface area contributed by atoms with Gasteiger partial charge in [-0.05, 0) is 66.3 Å². The third kappa shape index (κ3) is 2.01. The normalized spacial score (nSPS) is 20.6. The lowest BCUT2D eigenvalue weighted by atomic mass is 9.92. The number of fused-ring (bicyclic) bond motifs is 2. The van der Waals surface area contributed by atoms with Gasteiger partial charge in [-0.2, -0.15) is 0 Å². The predicted molar refractivity (Wildman–Crippen MR) is 72.5 cm³/mol. The van der Waals surface area contributed by atoms with Crippen LogP contribution in [-0.2, 0) is 25.7 Å². The topological polar surface area (TPSA) is 20.2 Å². The number of benzene rings is 1. The molecule has 1 aromatic carbocycles. The van der Waals surface area contributed by atoms with E-state index in [-0.39, 0.29) is 6.10 Å². The van der Waals surface area contributed by atoms with Gasteiger partial charge in [0, 0.05) is 0 Å². The first-order chi connectivity index (χ1) is 8.31. The van der Waals surface area contributed by atoms with Crippen LogP contribution in [0.25, 0.3) is 0 Å². The fourth-order valence-corrected chi connectivity index (χ4v) is 3.36. The summed E-state index contributed by atoms with van der Waals surface area (Å²) in [6, 6.07) is 2.29. The van der Waals surface area contributed by atoms with E-state index in [2.05, 4.69) is 13.0 Å². The van der Waals surface area contributed by atoms with E-state index in [4.69, 9.17) is 0 Å². The molecular weight excluding hydrogens is 208 g/mol. The summed E-state index contributed by atoms with van der Waals surface area (Å²) in [5.41, 5.74) is 7.42. The first-order valence-electron chi connectivity index (χ1n) is 7.15. The lowest BCUT2D eigenvalue weighted by Crippen LogP contribution is -2.00. The Kier molecular flexibility index (Phi) is 3.88. The maximum atomic E-state index is 9.93. The van der Waals surface area contributed by atoms with Crippen LogP contribution in [0.4, 0.5) is 0 Å². The summed E-state index contributed by atoms with van der Waals surface area (Å²) in [6.45, 7) is 6.25. The van der Waals surface area contributed by atoms with Gasteiger partial charge in [0.15, 0.2) is 0 Å². The summed E-state index contributed by atoms with van der Waals surface area (Å²) >= 11 is 0. The Balaban J connectivity index is 0.000000514. The summed E-state index contributed by atoms with van der Waals surface area (Å²) in [5.74, 6) is 0. The number of rotatable bonds is 1. The second-order valence-corrected chi connectivity index (χ2v) is 4.82. The number of aliphatic hydroxyl groups excluding tert-OH is 1. The lowest BCUT2D eigenvalue weighted by molar-refractivity contribution is 0.180. The molecule has 17 heavy (non-hydrogen) atoms. The number of aryl methyl sites for hydroxylation is 1. The summed E-state index contributed by atoms with van der Waals surface area (Å²) in [6.07, 6.45) is 6.78. The molecule has 0 spiro atoms. The van der Waals surface area contributed by atoms with Gasteiger partial charge in [0.1, 0.15) is 0 Å². The molecule has 0 bridgehead atoms. The standard InChI is InChI=1S/C14H18O.C2H6/c1-2-10-11-5-3-4-9(11)8-13-12(10)6-7-14(13)15;1-2/h8,14-15H,2-7H2,1H3;1-2H3. The zero-order valence-corrected chi connectivity index (χ0v) is 11.3. The number of hydrogen-bond donors (Lipinski definition) is 1. The van der Waals surface area contributed by atoms with Gasteiger partial charge in [-0.25, -0.2) is 0 Å². The molecule has 0 radical (unpaired) electrons. The van der Waals surface area contributed by atoms with Crippen LogP contribution < -0.4 is 0 Å². The molecule has 0 fully saturated rings. The molecule has 3 rings (SSSR count). The Hall–Kier alpha value is -0.820. The maximum Gasteiger partial charge on any atom is 0.0796 e. The van der Waals surface area contributed by atoms with E-state index in [1.165, 1.54) is 36.0 Å². The fraction of sp³-hybridized carbons (Fsp3) is 0.625. The molecule has 1 heteroatoms. The van der Waals surface area contributed by atoms with Crippen LogP contribution in [0.1, 0.15) is 67.5 Å². The van der Waals surface area contributed by atoms with Gasteiger partial charge in [-0.3, -0.25) is 0 Å². The van der Waals surface area contributed by atoms with E-state index in [0.717, 1.165) is 19.3 Å². The molecule has 0 heterocycles. The van der Waals surface area contributed by atoms with Crippen LogP contribution in [0.2, 0.25) is 0 Å². The van der Waals surface area contributed by atoms with Crippen LogP contribution in [0.5, 0.6) is 0 Å². The molecule has 1 nitrogen and oxygen atoms in total. The highest BCUT2D eigenvalue weighted by atomic mass is 16.3. The molecule has 1 N–H and O–H groups in total. The van der Waals surface area contributed by atoms with E-state index in [0.29, 0.717) is 0 Å². The summed E-state index contributed by atoms with van der Waals surface area (Å²) in [4.78, 5) is 0. The number of aliphatic hydroxyl groups is 1. The smallest absolute Gasteiger partial charge is 0.0796 e. The zero-order chi connectivity index (χ0) is 12.4. The van der Waals surface area contributed by atoms with Gasteiger partial charge in [-0.15, -0.1) is 0 Å². The molecule has 1 atom stereocenters. The minimum absolute atomic E-state index is 0.184. The lowest BCUT2D eigenvalue weighted by Gasteiger charge is -2.14. The third-order valence-corrected chi connectivity index (χ3v) is 4.05. The highest BCUT2D eigenvalue weighted by molar-refractivity contribution is 5.50. The second-order valence-electron chi connectivity index (χ2n) is 4.82. The van der Waals surface area contributed by atoms with Crippen molar-refractivity contribution in [2.75, 3.05) is 0 Å². The fourth-order valence-electron chi connectivity index (χ4n) is 3.36. The molecular formula is C16H24O. The van der Waals surface area contributed by atoms with E-state index in [9.17, 15) is 5.11 Å². The Bertz CT molecular complexity index is 406. The van der Waals surface area contributed by atoms with Crippen LogP contribution in [0.15, 0.2) is 6.07 Å². The van der Waals surface area contributed by atoms with E-state index in [1.54, 1.807) is 11.1 Å². The van der Waals surface area contributed by atoms with E-state index >= 15 is 0 Å². The molecule has 0 aliphatic heterocycles. The predicted octanol–water partition coefficient (Wildman–Crippen LogP) is 3.74. The molecule has 0 saturated carbocycles. The summed E-state index contributed by atoms with van der Waals surface area (Å²) in [5, 5.41) is 9.93. The molecule has 0 saturated heterocycles. The van der Waals surface area contributed by atoms with E-state index < -0.39 is 0 Å². The maximum absolute atomic E-state index is 9.93. The van der Waals surface area contributed by atoms with Crippen molar-refractivity contribution in [1.82, 2.24) is 0 Å². The Morgan fingerprint density at radius 2 is 1.94 bits per heavy atom. The molecule has 94 valence electrons. The van der Waals surface area contributed by atoms with Crippen molar-refractivity contribution in [1.29, 1.82) is 0 Å². The molecule has 1 aromatic rings. The van der Waals surface area contributed by atoms with Crippen molar-refractivity contribution >= 4 is 0 Å². The number of hydrogen-bond acceptors (Lipinski definition) is 1. The van der Waals surface area contributed by atoms with Gasteiger partial charge in [-0.1, -0.05) is 26.8 Å². The molecule has 2 aliphatic rings. The highest BCUT2D eigenvalue weighted by Crippen LogP contribution is 2.39. The summed E-state index contributed by atoms with van der Waals surface area (Å²) in [7, 11) is 0. The van der Waals surface area contributed by atoms with Crippen LogP contribution in [0.3, 0.4) is 0 Å². The van der Waals surface area contributed by atoms with Crippen LogP contribution in [0, 0.1) is 0 Å². The first kappa shape index (κ1) is 12.6. The van der Waals surface area contributed by atoms with Gasteiger partial charge < -0.3 is 5.11 Å². The van der Waals surface area contributed by atoms with Crippen molar-refractivity contribution in [3.8, 4) is 0 Å². The average molecular weight is 232 g/mol. The van der Waals surface area contributed by atoms with Crippen molar-refractivity contribution in [2.45, 2.75) is 65.4 Å². The van der Waals surface area contributed by atoms with E-state index in [1.807, 2.05) is 13.8 Å². The molecule has 0 amide bonds. The first-order valence-corrected chi connectivity index (χ1v) is 7.15. The second kappa shape index (κ2) is 5.22. The van der Waals surface area contributed by atoms with Crippen molar-refractivity contribution in [3.05, 3.63) is 33.9 Å².